The zero-order chi connectivity index (χ0) is 22.8. The van der Waals surface area contributed by atoms with Crippen LogP contribution in [-0.4, -0.2) is 38.2 Å². The second kappa shape index (κ2) is 9.10. The predicted octanol–water partition coefficient (Wildman–Crippen LogP) is 4.03. The first-order valence-corrected chi connectivity index (χ1v) is 11.5. The van der Waals surface area contributed by atoms with E-state index in [2.05, 4.69) is 4.98 Å². The van der Waals surface area contributed by atoms with Crippen molar-refractivity contribution in [1.82, 2.24) is 19.9 Å². The monoisotopic (exact) mass is 441 g/mol. The highest BCUT2D eigenvalue weighted by Crippen LogP contribution is 2.35. The van der Waals surface area contributed by atoms with Crippen molar-refractivity contribution in [1.29, 1.82) is 0 Å². The lowest BCUT2D eigenvalue weighted by Crippen LogP contribution is -2.40. The van der Waals surface area contributed by atoms with Gasteiger partial charge >= 0.3 is 0 Å². The van der Waals surface area contributed by atoms with Gasteiger partial charge < -0.3 is 4.90 Å². The molecule has 1 unspecified atom stereocenters. The van der Waals surface area contributed by atoms with Crippen LogP contribution in [0.4, 0.5) is 5.82 Å². The summed E-state index contributed by atoms with van der Waals surface area (Å²) >= 11 is 0. The van der Waals surface area contributed by atoms with Gasteiger partial charge in [0.15, 0.2) is 5.82 Å². The molecule has 1 aromatic carbocycles. The number of likely N-dealkylation sites (tertiary alicyclic amines) is 1. The molecule has 0 N–H and O–H groups in total. The van der Waals surface area contributed by atoms with Crippen molar-refractivity contribution >= 4 is 17.6 Å². The number of amides is 2. The summed E-state index contributed by atoms with van der Waals surface area (Å²) in [6.07, 6.45) is 7.13. The van der Waals surface area contributed by atoms with Crippen LogP contribution in [0.5, 0.6) is 0 Å². The van der Waals surface area contributed by atoms with Crippen LogP contribution in [0.15, 0.2) is 54.9 Å². The minimum Gasteiger partial charge on any atom is -0.328 e. The summed E-state index contributed by atoms with van der Waals surface area (Å²) in [5.41, 5.74) is 3.54. The maximum Gasteiger partial charge on any atom is 0.256 e. The largest absolute Gasteiger partial charge is 0.328 e. The Balaban J connectivity index is 1.51. The molecule has 0 radical (unpaired) electrons. The van der Waals surface area contributed by atoms with Crippen LogP contribution < -0.4 is 4.90 Å². The number of hydrogen-bond donors (Lipinski definition) is 0. The highest BCUT2D eigenvalue weighted by atomic mass is 16.2. The van der Waals surface area contributed by atoms with Crippen LogP contribution in [0.2, 0.25) is 0 Å². The standard InChI is InChI=1S/C26H27N5O2/c1-18-21-12-13-23(32)31(17-19-8-3-2-4-9-19)25(21)29-24(28-18)22-11-5-6-15-30(22)26(33)20-10-7-14-27-16-20/h2-4,7-10,14,16,22H,5-6,11-13,15,17H2,1H3. The van der Waals surface area contributed by atoms with E-state index in [4.69, 9.17) is 9.97 Å². The lowest BCUT2D eigenvalue weighted by atomic mass is 9.98. The Labute approximate surface area is 193 Å². The summed E-state index contributed by atoms with van der Waals surface area (Å²) in [6, 6.07) is 13.3. The molecule has 2 amide bonds. The molecule has 2 aliphatic heterocycles. The van der Waals surface area contributed by atoms with Crippen molar-refractivity contribution < 1.29 is 9.59 Å². The van der Waals surface area contributed by atoms with E-state index < -0.39 is 0 Å². The second-order valence-electron chi connectivity index (χ2n) is 8.69. The fourth-order valence-corrected chi connectivity index (χ4v) is 4.78. The first-order chi connectivity index (χ1) is 16.1. The van der Waals surface area contributed by atoms with Gasteiger partial charge in [-0.3, -0.25) is 19.5 Å². The number of nitrogens with zero attached hydrogens (tertiary/aromatic N) is 5. The summed E-state index contributed by atoms with van der Waals surface area (Å²) in [5.74, 6) is 1.33. The van der Waals surface area contributed by atoms with E-state index in [1.165, 1.54) is 0 Å². The summed E-state index contributed by atoms with van der Waals surface area (Å²) in [4.78, 5) is 43.7. The SMILES string of the molecule is Cc1nc(C2CCCCN2C(=O)c2cccnc2)nc2c1CCC(=O)N2Cc1ccccc1. The molecule has 2 aliphatic rings. The number of fused-ring (bicyclic) bond motifs is 1. The van der Waals surface area contributed by atoms with Crippen molar-refractivity contribution in [3.8, 4) is 0 Å². The van der Waals surface area contributed by atoms with E-state index in [1.807, 2.05) is 42.2 Å². The van der Waals surface area contributed by atoms with Crippen LogP contribution in [0.3, 0.4) is 0 Å². The maximum absolute atomic E-state index is 13.3. The van der Waals surface area contributed by atoms with Gasteiger partial charge in [-0.1, -0.05) is 30.3 Å². The van der Waals surface area contributed by atoms with E-state index in [-0.39, 0.29) is 17.9 Å². The van der Waals surface area contributed by atoms with Gasteiger partial charge in [-0.2, -0.15) is 0 Å². The molecular weight excluding hydrogens is 414 g/mol. The summed E-state index contributed by atoms with van der Waals surface area (Å²) in [5, 5.41) is 0. The normalized spacial score (nSPS) is 18.2. The molecule has 0 saturated carbocycles. The Morgan fingerprint density at radius 3 is 2.70 bits per heavy atom. The smallest absolute Gasteiger partial charge is 0.256 e. The van der Waals surface area contributed by atoms with Crippen LogP contribution in [0.1, 0.15) is 64.7 Å². The molecule has 4 heterocycles. The number of hydrogen-bond acceptors (Lipinski definition) is 5. The third kappa shape index (κ3) is 4.23. The Hall–Kier alpha value is -3.61. The molecule has 7 heteroatoms. The Morgan fingerprint density at radius 2 is 1.91 bits per heavy atom. The van der Waals surface area contributed by atoms with Crippen molar-refractivity contribution in [2.24, 2.45) is 0 Å². The van der Waals surface area contributed by atoms with Crippen LogP contribution in [0, 0.1) is 6.92 Å². The number of aromatic nitrogens is 3. The number of rotatable bonds is 4. The van der Waals surface area contributed by atoms with Crippen LogP contribution >= 0.6 is 0 Å². The average molecular weight is 442 g/mol. The Morgan fingerprint density at radius 1 is 1.06 bits per heavy atom. The quantitative estimate of drug-likeness (QED) is 0.611. The van der Waals surface area contributed by atoms with Crippen LogP contribution in [0.25, 0.3) is 0 Å². The lowest BCUT2D eigenvalue weighted by molar-refractivity contribution is -0.119. The number of benzene rings is 1. The summed E-state index contributed by atoms with van der Waals surface area (Å²) < 4.78 is 0. The first kappa shape index (κ1) is 21.2. The molecule has 7 nitrogen and oxygen atoms in total. The van der Waals surface area contributed by atoms with E-state index >= 15 is 0 Å². The molecule has 1 atom stereocenters. The third-order valence-corrected chi connectivity index (χ3v) is 6.51. The number of piperidine rings is 1. The Kier molecular flexibility index (Phi) is 5.86. The number of anilines is 1. The van der Waals surface area contributed by atoms with Gasteiger partial charge in [0.2, 0.25) is 5.91 Å². The van der Waals surface area contributed by atoms with E-state index in [0.717, 1.165) is 36.1 Å². The summed E-state index contributed by atoms with van der Waals surface area (Å²) in [7, 11) is 0. The fourth-order valence-electron chi connectivity index (χ4n) is 4.78. The number of aryl methyl sites for hydroxylation is 1. The zero-order valence-electron chi connectivity index (χ0n) is 18.8. The van der Waals surface area contributed by atoms with E-state index in [1.54, 1.807) is 29.4 Å². The average Bonchev–Trinajstić information content (AvgIpc) is 2.86. The molecule has 33 heavy (non-hydrogen) atoms. The van der Waals surface area contributed by atoms with Gasteiger partial charge in [0.1, 0.15) is 5.82 Å². The number of carbonyl (C=O) groups excluding carboxylic acids is 2. The van der Waals surface area contributed by atoms with E-state index in [9.17, 15) is 9.59 Å². The van der Waals surface area contributed by atoms with Crippen molar-refractivity contribution in [2.45, 2.75) is 51.6 Å². The zero-order valence-corrected chi connectivity index (χ0v) is 18.8. The fraction of sp³-hybridized carbons (Fsp3) is 0.346. The second-order valence-corrected chi connectivity index (χ2v) is 8.69. The highest BCUT2D eigenvalue weighted by molar-refractivity contribution is 5.95. The van der Waals surface area contributed by atoms with Gasteiger partial charge in [-0.25, -0.2) is 9.97 Å². The minimum absolute atomic E-state index is 0.0519. The van der Waals surface area contributed by atoms with Gasteiger partial charge in [0.05, 0.1) is 18.2 Å². The first-order valence-electron chi connectivity index (χ1n) is 11.5. The van der Waals surface area contributed by atoms with Crippen LogP contribution in [-0.2, 0) is 17.8 Å². The molecule has 3 aromatic rings. The van der Waals surface area contributed by atoms with Crippen molar-refractivity contribution in [3.63, 3.8) is 0 Å². The van der Waals surface area contributed by atoms with Gasteiger partial charge in [-0.05, 0) is 50.3 Å². The molecule has 0 aliphatic carbocycles. The number of pyridine rings is 1. The number of carbonyl (C=O) groups is 2. The Bertz CT molecular complexity index is 1170. The predicted molar refractivity (Wildman–Crippen MR) is 125 cm³/mol. The maximum atomic E-state index is 13.3. The molecule has 5 rings (SSSR count). The lowest BCUT2D eigenvalue weighted by Gasteiger charge is -2.36. The van der Waals surface area contributed by atoms with E-state index in [0.29, 0.717) is 43.1 Å². The van der Waals surface area contributed by atoms with Gasteiger partial charge in [0, 0.05) is 36.6 Å². The molecule has 1 saturated heterocycles. The van der Waals surface area contributed by atoms with Gasteiger partial charge in [0.25, 0.3) is 5.91 Å². The topological polar surface area (TPSA) is 79.3 Å². The third-order valence-electron chi connectivity index (χ3n) is 6.51. The van der Waals surface area contributed by atoms with Gasteiger partial charge in [-0.15, -0.1) is 0 Å². The van der Waals surface area contributed by atoms with Crippen molar-refractivity contribution in [3.05, 3.63) is 83.1 Å². The molecular formula is C26H27N5O2. The summed E-state index contributed by atoms with van der Waals surface area (Å²) in [6.45, 7) is 3.12. The molecule has 0 bridgehead atoms. The molecule has 1 fully saturated rings. The minimum atomic E-state index is -0.217. The molecule has 0 spiro atoms. The molecule has 168 valence electrons. The van der Waals surface area contributed by atoms with Crippen molar-refractivity contribution in [2.75, 3.05) is 11.4 Å². The highest BCUT2D eigenvalue weighted by Gasteiger charge is 2.34. The molecule has 2 aromatic heterocycles.